The number of nitrogens with zero attached hydrogens (tertiary/aromatic N) is 4. The van der Waals surface area contributed by atoms with Crippen molar-refractivity contribution in [1.82, 2.24) is 14.9 Å². The number of hydrogen-bond acceptors (Lipinski definition) is 4. The number of amides is 1. The van der Waals surface area contributed by atoms with Gasteiger partial charge in [0.1, 0.15) is 5.82 Å². The van der Waals surface area contributed by atoms with Crippen LogP contribution in [0, 0.1) is 6.92 Å². The molecule has 2 aromatic rings. The lowest BCUT2D eigenvalue weighted by Crippen LogP contribution is -2.42. The minimum atomic E-state index is 0.0104. The third kappa shape index (κ3) is 3.98. The highest BCUT2D eigenvalue weighted by molar-refractivity contribution is 6.00. The molecule has 0 saturated heterocycles. The van der Waals surface area contributed by atoms with Gasteiger partial charge in [-0.2, -0.15) is 0 Å². The molecule has 134 valence electrons. The van der Waals surface area contributed by atoms with E-state index >= 15 is 0 Å². The monoisotopic (exact) mass is 340 g/mol. The molecule has 0 aliphatic rings. The van der Waals surface area contributed by atoms with Crippen LogP contribution in [-0.2, 0) is 0 Å². The van der Waals surface area contributed by atoms with Crippen molar-refractivity contribution in [1.29, 1.82) is 0 Å². The first kappa shape index (κ1) is 18.9. The van der Waals surface area contributed by atoms with Gasteiger partial charge in [0.05, 0.1) is 5.56 Å². The van der Waals surface area contributed by atoms with Crippen LogP contribution in [0.5, 0.6) is 0 Å². The van der Waals surface area contributed by atoms with Crippen LogP contribution in [0.2, 0.25) is 0 Å². The number of carbonyl (C=O) groups excluding carboxylic acids is 1. The largest absolute Gasteiger partial charge is 0.362 e. The first-order chi connectivity index (χ1) is 11.7. The second-order valence-electron chi connectivity index (χ2n) is 7.04. The SMILES string of the molecule is Cc1cnc(-c2ccccc2C(=O)N(C(C)C)C(C)C)nc1N(C)C. The molecule has 0 N–H and O–H groups in total. The first-order valence-corrected chi connectivity index (χ1v) is 8.67. The molecule has 1 heterocycles. The van der Waals surface area contributed by atoms with Gasteiger partial charge in [0.2, 0.25) is 0 Å². The molecule has 2 rings (SSSR count). The molecule has 1 aromatic carbocycles. The van der Waals surface area contributed by atoms with Crippen molar-refractivity contribution in [2.45, 2.75) is 46.7 Å². The maximum absolute atomic E-state index is 13.2. The molecule has 5 nitrogen and oxygen atoms in total. The highest BCUT2D eigenvalue weighted by Crippen LogP contribution is 2.25. The molecule has 0 atom stereocenters. The zero-order valence-electron chi connectivity index (χ0n) is 16.2. The van der Waals surface area contributed by atoms with Crippen molar-refractivity contribution in [3.8, 4) is 11.4 Å². The number of aryl methyl sites for hydroxylation is 1. The maximum Gasteiger partial charge on any atom is 0.255 e. The number of anilines is 1. The summed E-state index contributed by atoms with van der Waals surface area (Å²) in [5.41, 5.74) is 2.41. The highest BCUT2D eigenvalue weighted by Gasteiger charge is 2.24. The molecule has 1 aromatic heterocycles. The van der Waals surface area contributed by atoms with Crippen LogP contribution in [-0.4, -0.2) is 47.0 Å². The van der Waals surface area contributed by atoms with Gasteiger partial charge in [-0.25, -0.2) is 9.97 Å². The number of benzene rings is 1. The van der Waals surface area contributed by atoms with E-state index in [0.717, 1.165) is 16.9 Å². The van der Waals surface area contributed by atoms with Crippen LogP contribution in [0.4, 0.5) is 5.82 Å². The number of hydrogen-bond donors (Lipinski definition) is 0. The topological polar surface area (TPSA) is 49.3 Å². The van der Waals surface area contributed by atoms with Crippen molar-refractivity contribution in [3.05, 3.63) is 41.6 Å². The number of rotatable bonds is 5. The lowest BCUT2D eigenvalue weighted by molar-refractivity contribution is 0.0644. The van der Waals surface area contributed by atoms with E-state index in [4.69, 9.17) is 0 Å². The van der Waals surface area contributed by atoms with E-state index in [1.54, 1.807) is 0 Å². The molecule has 0 bridgehead atoms. The summed E-state index contributed by atoms with van der Waals surface area (Å²) >= 11 is 0. The van der Waals surface area contributed by atoms with Crippen molar-refractivity contribution < 1.29 is 4.79 Å². The van der Waals surface area contributed by atoms with E-state index < -0.39 is 0 Å². The summed E-state index contributed by atoms with van der Waals surface area (Å²) in [6.45, 7) is 10.1. The minimum Gasteiger partial charge on any atom is -0.362 e. The van der Waals surface area contributed by atoms with Gasteiger partial charge in [-0.05, 0) is 40.7 Å². The van der Waals surface area contributed by atoms with Crippen molar-refractivity contribution in [2.24, 2.45) is 0 Å². The molecule has 25 heavy (non-hydrogen) atoms. The molecule has 0 spiro atoms. The van der Waals surface area contributed by atoms with Gasteiger partial charge in [-0.3, -0.25) is 4.79 Å². The molecule has 0 radical (unpaired) electrons. The normalized spacial score (nSPS) is 11.1. The van der Waals surface area contributed by atoms with E-state index in [9.17, 15) is 4.79 Å². The fourth-order valence-electron chi connectivity index (χ4n) is 3.08. The Morgan fingerprint density at radius 3 is 2.20 bits per heavy atom. The summed E-state index contributed by atoms with van der Waals surface area (Å²) in [6, 6.07) is 7.81. The van der Waals surface area contributed by atoms with Crippen LogP contribution in [0.15, 0.2) is 30.5 Å². The first-order valence-electron chi connectivity index (χ1n) is 8.67. The van der Waals surface area contributed by atoms with Gasteiger partial charge in [0.25, 0.3) is 5.91 Å². The van der Waals surface area contributed by atoms with E-state index in [1.165, 1.54) is 0 Å². The molecule has 5 heteroatoms. The van der Waals surface area contributed by atoms with E-state index in [2.05, 4.69) is 9.97 Å². The second kappa shape index (κ2) is 7.64. The Bertz CT molecular complexity index is 745. The third-order valence-corrected chi connectivity index (χ3v) is 4.11. The molecular weight excluding hydrogens is 312 g/mol. The van der Waals surface area contributed by atoms with Crippen LogP contribution in [0.1, 0.15) is 43.6 Å². The Kier molecular flexibility index (Phi) is 5.77. The lowest BCUT2D eigenvalue weighted by Gasteiger charge is -2.31. The van der Waals surface area contributed by atoms with Crippen LogP contribution in [0.3, 0.4) is 0 Å². The Labute approximate surface area is 150 Å². The molecule has 0 saturated carbocycles. The summed E-state index contributed by atoms with van der Waals surface area (Å²) in [7, 11) is 3.91. The van der Waals surface area contributed by atoms with E-state index in [0.29, 0.717) is 11.4 Å². The fourth-order valence-corrected chi connectivity index (χ4v) is 3.08. The highest BCUT2D eigenvalue weighted by atomic mass is 16.2. The zero-order valence-corrected chi connectivity index (χ0v) is 16.2. The van der Waals surface area contributed by atoms with Crippen LogP contribution in [0.25, 0.3) is 11.4 Å². The van der Waals surface area contributed by atoms with E-state index in [-0.39, 0.29) is 18.0 Å². The van der Waals surface area contributed by atoms with Gasteiger partial charge in [0.15, 0.2) is 5.82 Å². The molecule has 0 aliphatic heterocycles. The smallest absolute Gasteiger partial charge is 0.255 e. The average molecular weight is 340 g/mol. The number of carbonyl (C=O) groups is 1. The van der Waals surface area contributed by atoms with Crippen molar-refractivity contribution in [3.63, 3.8) is 0 Å². The summed E-state index contributed by atoms with van der Waals surface area (Å²) in [5, 5.41) is 0. The fraction of sp³-hybridized carbons (Fsp3) is 0.450. The van der Waals surface area contributed by atoms with Crippen molar-refractivity contribution in [2.75, 3.05) is 19.0 Å². The average Bonchev–Trinajstić information content (AvgIpc) is 2.54. The Morgan fingerprint density at radius 1 is 1.04 bits per heavy atom. The molecule has 0 unspecified atom stereocenters. The van der Waals surface area contributed by atoms with Gasteiger partial charge in [-0.15, -0.1) is 0 Å². The molecule has 1 amide bonds. The van der Waals surface area contributed by atoms with Gasteiger partial charge < -0.3 is 9.80 Å². The maximum atomic E-state index is 13.2. The molecule has 0 fully saturated rings. The standard InChI is InChI=1S/C20H28N4O/c1-13(2)24(14(3)4)20(25)17-11-9-8-10-16(17)18-21-12-15(5)19(22-18)23(6)7/h8-14H,1-7H3. The van der Waals surface area contributed by atoms with Crippen molar-refractivity contribution >= 4 is 11.7 Å². The summed E-state index contributed by atoms with van der Waals surface area (Å²) in [4.78, 5) is 26.2. The predicted octanol–water partition coefficient (Wildman–Crippen LogP) is 3.78. The Morgan fingerprint density at radius 2 is 1.64 bits per heavy atom. The number of aromatic nitrogens is 2. The second-order valence-corrected chi connectivity index (χ2v) is 7.04. The van der Waals surface area contributed by atoms with Gasteiger partial charge in [0, 0.05) is 43.5 Å². The molecule has 0 aliphatic carbocycles. The Hall–Kier alpha value is -2.43. The lowest BCUT2D eigenvalue weighted by atomic mass is 10.0. The zero-order chi connectivity index (χ0) is 18.7. The van der Waals surface area contributed by atoms with Crippen LogP contribution < -0.4 is 4.90 Å². The van der Waals surface area contributed by atoms with Gasteiger partial charge >= 0.3 is 0 Å². The minimum absolute atomic E-state index is 0.0104. The third-order valence-electron chi connectivity index (χ3n) is 4.11. The predicted molar refractivity (Wildman–Crippen MR) is 103 cm³/mol. The summed E-state index contributed by atoms with van der Waals surface area (Å²) in [6.07, 6.45) is 1.81. The van der Waals surface area contributed by atoms with Gasteiger partial charge in [-0.1, -0.05) is 18.2 Å². The van der Waals surface area contributed by atoms with E-state index in [1.807, 2.05) is 89.0 Å². The summed E-state index contributed by atoms with van der Waals surface area (Å²) in [5.74, 6) is 1.44. The Balaban J connectivity index is 2.56. The quantitative estimate of drug-likeness (QED) is 0.831. The molecular formula is C20H28N4O. The van der Waals surface area contributed by atoms with Crippen LogP contribution >= 0.6 is 0 Å². The summed E-state index contributed by atoms with van der Waals surface area (Å²) < 4.78 is 0.